The number of carbonyl (C=O) groups is 1. The second-order valence-electron chi connectivity index (χ2n) is 5.44. The van der Waals surface area contributed by atoms with Crippen molar-refractivity contribution in [2.75, 3.05) is 5.32 Å². The zero-order valence-electron chi connectivity index (χ0n) is 13.3. The highest BCUT2D eigenvalue weighted by Gasteiger charge is 2.17. The van der Waals surface area contributed by atoms with Crippen LogP contribution in [0, 0.1) is 6.92 Å². The maximum atomic E-state index is 12.1. The molecule has 3 rings (SSSR count). The minimum Gasteiger partial charge on any atom is -0.401 e. The van der Waals surface area contributed by atoms with Gasteiger partial charge in [-0.05, 0) is 32.9 Å². The second kappa shape index (κ2) is 5.67. The molecule has 120 valence electrons. The summed E-state index contributed by atoms with van der Waals surface area (Å²) in [6.07, 6.45) is 1.75. The lowest BCUT2D eigenvalue weighted by Crippen LogP contribution is -2.14. The quantitative estimate of drug-likeness (QED) is 0.787. The van der Waals surface area contributed by atoms with Crippen LogP contribution in [0.1, 0.15) is 36.1 Å². The molecule has 9 heteroatoms. The molecule has 0 atom stereocenters. The number of anilines is 1. The van der Waals surface area contributed by atoms with Crippen molar-refractivity contribution < 1.29 is 9.21 Å². The van der Waals surface area contributed by atoms with E-state index in [-0.39, 0.29) is 23.6 Å². The summed E-state index contributed by atoms with van der Waals surface area (Å²) in [7, 11) is 1.82. The van der Waals surface area contributed by atoms with Crippen LogP contribution in [0.3, 0.4) is 0 Å². The van der Waals surface area contributed by atoms with Crippen LogP contribution in [0.25, 0.3) is 11.6 Å². The molecule has 3 heterocycles. The van der Waals surface area contributed by atoms with Crippen molar-refractivity contribution >= 4 is 11.9 Å². The molecule has 0 aliphatic rings. The molecule has 0 aromatic carbocycles. The highest BCUT2D eigenvalue weighted by molar-refractivity contribution is 6.01. The SMILES string of the molecule is Cc1cc(-c2nnc(NC(=O)c3ccn(C(C)C)n3)o2)nn1C. The molecule has 0 aliphatic carbocycles. The molecule has 0 saturated heterocycles. The first-order chi connectivity index (χ1) is 10.9. The lowest BCUT2D eigenvalue weighted by Gasteiger charge is -2.03. The summed E-state index contributed by atoms with van der Waals surface area (Å²) in [6, 6.07) is 3.64. The highest BCUT2D eigenvalue weighted by Crippen LogP contribution is 2.19. The van der Waals surface area contributed by atoms with Gasteiger partial charge in [0.25, 0.3) is 11.8 Å². The van der Waals surface area contributed by atoms with Gasteiger partial charge in [0.15, 0.2) is 5.69 Å². The number of nitrogens with one attached hydrogen (secondary N) is 1. The van der Waals surface area contributed by atoms with Gasteiger partial charge in [-0.3, -0.25) is 19.5 Å². The fraction of sp³-hybridized carbons (Fsp3) is 0.357. The molecule has 3 aromatic heterocycles. The van der Waals surface area contributed by atoms with Gasteiger partial charge in [-0.1, -0.05) is 5.10 Å². The maximum Gasteiger partial charge on any atom is 0.322 e. The first-order valence-electron chi connectivity index (χ1n) is 7.15. The van der Waals surface area contributed by atoms with Gasteiger partial charge >= 0.3 is 6.01 Å². The Hall–Kier alpha value is -2.97. The molecule has 0 bridgehead atoms. The average molecular weight is 315 g/mol. The van der Waals surface area contributed by atoms with Gasteiger partial charge in [0.2, 0.25) is 0 Å². The van der Waals surface area contributed by atoms with E-state index < -0.39 is 5.91 Å². The van der Waals surface area contributed by atoms with Crippen molar-refractivity contribution in [1.29, 1.82) is 0 Å². The Labute approximate surface area is 132 Å². The maximum absolute atomic E-state index is 12.1. The summed E-state index contributed by atoms with van der Waals surface area (Å²) < 4.78 is 8.82. The lowest BCUT2D eigenvalue weighted by atomic mass is 10.4. The van der Waals surface area contributed by atoms with Crippen molar-refractivity contribution in [3.05, 3.63) is 29.7 Å². The van der Waals surface area contributed by atoms with E-state index in [9.17, 15) is 4.79 Å². The van der Waals surface area contributed by atoms with Crippen LogP contribution in [0.2, 0.25) is 0 Å². The average Bonchev–Trinajstić information content (AvgIpc) is 3.20. The summed E-state index contributed by atoms with van der Waals surface area (Å²) >= 11 is 0. The Kier molecular flexibility index (Phi) is 3.68. The molecule has 0 radical (unpaired) electrons. The molecular weight excluding hydrogens is 298 g/mol. The normalized spacial score (nSPS) is 11.2. The van der Waals surface area contributed by atoms with Crippen LogP contribution >= 0.6 is 0 Å². The highest BCUT2D eigenvalue weighted by atomic mass is 16.4. The van der Waals surface area contributed by atoms with Gasteiger partial charge in [-0.15, -0.1) is 5.10 Å². The molecule has 3 aromatic rings. The summed E-state index contributed by atoms with van der Waals surface area (Å²) in [5.74, 6) is -0.159. The van der Waals surface area contributed by atoms with Crippen molar-refractivity contribution in [2.24, 2.45) is 7.05 Å². The first-order valence-corrected chi connectivity index (χ1v) is 7.15. The van der Waals surface area contributed by atoms with Crippen LogP contribution in [-0.4, -0.2) is 35.7 Å². The van der Waals surface area contributed by atoms with Gasteiger partial charge in [0.05, 0.1) is 0 Å². The molecule has 1 amide bonds. The number of hydrogen-bond acceptors (Lipinski definition) is 6. The van der Waals surface area contributed by atoms with E-state index in [1.165, 1.54) is 0 Å². The smallest absolute Gasteiger partial charge is 0.322 e. The van der Waals surface area contributed by atoms with Crippen LogP contribution in [0.4, 0.5) is 6.01 Å². The van der Waals surface area contributed by atoms with Crippen molar-refractivity contribution in [2.45, 2.75) is 26.8 Å². The Balaban J connectivity index is 1.74. The van der Waals surface area contributed by atoms with Gasteiger partial charge in [0, 0.05) is 25.0 Å². The topological polar surface area (TPSA) is 104 Å². The van der Waals surface area contributed by atoms with E-state index in [1.54, 1.807) is 21.6 Å². The summed E-state index contributed by atoms with van der Waals surface area (Å²) in [5, 5.41) is 18.7. The Morgan fingerprint density at radius 1 is 1.30 bits per heavy atom. The van der Waals surface area contributed by atoms with E-state index >= 15 is 0 Å². The van der Waals surface area contributed by atoms with Crippen molar-refractivity contribution in [3.8, 4) is 11.6 Å². The zero-order valence-corrected chi connectivity index (χ0v) is 13.3. The van der Waals surface area contributed by atoms with Gasteiger partial charge in [-0.25, -0.2) is 0 Å². The third-order valence-corrected chi connectivity index (χ3v) is 3.35. The van der Waals surface area contributed by atoms with E-state index in [0.717, 1.165) is 5.69 Å². The number of carbonyl (C=O) groups excluding carboxylic acids is 1. The molecule has 9 nitrogen and oxygen atoms in total. The fourth-order valence-corrected chi connectivity index (χ4v) is 1.95. The van der Waals surface area contributed by atoms with E-state index in [2.05, 4.69) is 25.7 Å². The standard InChI is InChI=1S/C14H17N7O2/c1-8(2)21-6-5-10(19-21)12(22)15-14-17-16-13(23-14)11-7-9(3)20(4)18-11/h5-8H,1-4H3,(H,15,17,22). The number of hydrogen-bond donors (Lipinski definition) is 1. The third kappa shape index (κ3) is 2.98. The van der Waals surface area contributed by atoms with Crippen LogP contribution in [0.15, 0.2) is 22.7 Å². The number of aryl methyl sites for hydroxylation is 2. The fourth-order valence-electron chi connectivity index (χ4n) is 1.95. The van der Waals surface area contributed by atoms with E-state index in [1.807, 2.05) is 33.9 Å². The number of amides is 1. The molecule has 0 aliphatic heterocycles. The Morgan fingerprint density at radius 3 is 2.70 bits per heavy atom. The van der Waals surface area contributed by atoms with E-state index in [0.29, 0.717) is 5.69 Å². The molecular formula is C14H17N7O2. The number of rotatable bonds is 4. The van der Waals surface area contributed by atoms with E-state index in [4.69, 9.17) is 4.42 Å². The molecule has 23 heavy (non-hydrogen) atoms. The predicted octanol–water partition coefficient (Wildman–Crippen LogP) is 1.81. The Morgan fingerprint density at radius 2 is 2.09 bits per heavy atom. The second-order valence-corrected chi connectivity index (χ2v) is 5.44. The number of nitrogens with zero attached hydrogens (tertiary/aromatic N) is 6. The van der Waals surface area contributed by atoms with Crippen molar-refractivity contribution in [3.63, 3.8) is 0 Å². The molecule has 0 unspecified atom stereocenters. The van der Waals surface area contributed by atoms with Crippen LogP contribution in [0.5, 0.6) is 0 Å². The van der Waals surface area contributed by atoms with Crippen molar-refractivity contribution in [1.82, 2.24) is 29.8 Å². The van der Waals surface area contributed by atoms with Crippen LogP contribution < -0.4 is 5.32 Å². The molecule has 0 fully saturated rings. The third-order valence-electron chi connectivity index (χ3n) is 3.35. The number of aromatic nitrogens is 6. The summed E-state index contributed by atoms with van der Waals surface area (Å²) in [6.45, 7) is 5.88. The minimum atomic E-state index is -0.406. The monoisotopic (exact) mass is 315 g/mol. The first kappa shape index (κ1) is 14.9. The molecule has 1 N–H and O–H groups in total. The van der Waals surface area contributed by atoms with Crippen LogP contribution in [-0.2, 0) is 7.05 Å². The Bertz CT molecular complexity index is 824. The van der Waals surface area contributed by atoms with Gasteiger partial charge in [-0.2, -0.15) is 10.2 Å². The summed E-state index contributed by atoms with van der Waals surface area (Å²) in [4.78, 5) is 12.1. The predicted molar refractivity (Wildman–Crippen MR) is 81.8 cm³/mol. The zero-order chi connectivity index (χ0) is 16.6. The summed E-state index contributed by atoms with van der Waals surface area (Å²) in [5.41, 5.74) is 1.80. The minimum absolute atomic E-state index is 0.00685. The largest absolute Gasteiger partial charge is 0.401 e. The van der Waals surface area contributed by atoms with Gasteiger partial charge in [0.1, 0.15) is 5.69 Å². The molecule has 0 spiro atoms. The lowest BCUT2D eigenvalue weighted by molar-refractivity contribution is 0.101. The van der Waals surface area contributed by atoms with Gasteiger partial charge < -0.3 is 4.42 Å². The molecule has 0 saturated carbocycles.